The maximum absolute atomic E-state index is 12.6. The van der Waals surface area contributed by atoms with E-state index >= 15 is 0 Å². The molecule has 114 valence electrons. The van der Waals surface area contributed by atoms with Crippen LogP contribution in [0.3, 0.4) is 0 Å². The van der Waals surface area contributed by atoms with Crippen molar-refractivity contribution in [3.63, 3.8) is 0 Å². The minimum atomic E-state index is -0.462. The molecule has 0 unspecified atom stereocenters. The van der Waals surface area contributed by atoms with E-state index in [-0.39, 0.29) is 17.0 Å². The molecule has 1 aliphatic rings. The smallest absolute Gasteiger partial charge is 0.270 e. The number of anilines is 1. The molecule has 1 amide bonds. The molecular formula is C14H18BrN3O3. The van der Waals surface area contributed by atoms with Crippen LogP contribution in [0, 0.1) is 15.5 Å². The predicted octanol–water partition coefficient (Wildman–Crippen LogP) is 3.08. The molecule has 0 spiro atoms. The maximum Gasteiger partial charge on any atom is 0.270 e. The molecule has 0 atom stereocenters. The summed E-state index contributed by atoms with van der Waals surface area (Å²) < 4.78 is 0.519. The van der Waals surface area contributed by atoms with Crippen LogP contribution in [0.25, 0.3) is 0 Å². The highest BCUT2D eigenvalue weighted by Crippen LogP contribution is 2.35. The SMILES string of the molecule is CCC1(C(=O)Nc2ccc([N+](=O)[O-])cc2Br)CCNCC1. The molecule has 1 heterocycles. The largest absolute Gasteiger partial charge is 0.325 e. The molecule has 1 fully saturated rings. The second-order valence-electron chi connectivity index (χ2n) is 5.26. The van der Waals surface area contributed by atoms with Gasteiger partial charge >= 0.3 is 0 Å². The topological polar surface area (TPSA) is 84.3 Å². The van der Waals surface area contributed by atoms with Crippen molar-refractivity contribution in [2.24, 2.45) is 5.41 Å². The van der Waals surface area contributed by atoms with E-state index in [2.05, 4.69) is 26.6 Å². The highest BCUT2D eigenvalue weighted by molar-refractivity contribution is 9.10. The van der Waals surface area contributed by atoms with Gasteiger partial charge in [-0.25, -0.2) is 0 Å². The molecule has 2 N–H and O–H groups in total. The number of hydrogen-bond donors (Lipinski definition) is 2. The number of carbonyl (C=O) groups excluding carboxylic acids is 1. The van der Waals surface area contributed by atoms with E-state index in [1.54, 1.807) is 6.07 Å². The van der Waals surface area contributed by atoms with Gasteiger partial charge in [0.2, 0.25) is 5.91 Å². The van der Waals surface area contributed by atoms with Crippen molar-refractivity contribution in [2.45, 2.75) is 26.2 Å². The quantitative estimate of drug-likeness (QED) is 0.641. The lowest BCUT2D eigenvalue weighted by Crippen LogP contribution is -2.44. The molecule has 1 saturated heterocycles. The number of nitro benzene ring substituents is 1. The first kappa shape index (κ1) is 15.9. The summed E-state index contributed by atoms with van der Waals surface area (Å²) in [5.41, 5.74) is 0.204. The fourth-order valence-electron chi connectivity index (χ4n) is 2.62. The molecule has 2 rings (SSSR count). The van der Waals surface area contributed by atoms with Gasteiger partial charge in [-0.05, 0) is 54.3 Å². The van der Waals surface area contributed by atoms with Crippen LogP contribution in [0.4, 0.5) is 11.4 Å². The Hall–Kier alpha value is -1.47. The molecule has 0 radical (unpaired) electrons. The molecule has 6 nitrogen and oxygen atoms in total. The van der Waals surface area contributed by atoms with Crippen molar-refractivity contribution < 1.29 is 9.72 Å². The number of non-ortho nitro benzene ring substituents is 1. The molecule has 21 heavy (non-hydrogen) atoms. The summed E-state index contributed by atoms with van der Waals surface area (Å²) in [7, 11) is 0. The van der Waals surface area contributed by atoms with Crippen LogP contribution in [0.1, 0.15) is 26.2 Å². The molecule has 1 aromatic rings. The van der Waals surface area contributed by atoms with E-state index in [1.807, 2.05) is 6.92 Å². The van der Waals surface area contributed by atoms with Gasteiger partial charge in [-0.15, -0.1) is 0 Å². The van der Waals surface area contributed by atoms with Gasteiger partial charge in [0, 0.05) is 16.6 Å². The first-order chi connectivity index (χ1) is 9.98. The lowest BCUT2D eigenvalue weighted by Gasteiger charge is -2.35. The fourth-order valence-corrected chi connectivity index (χ4v) is 3.09. The Labute approximate surface area is 131 Å². The average molecular weight is 356 g/mol. The van der Waals surface area contributed by atoms with Crippen molar-refractivity contribution >= 4 is 33.2 Å². The molecule has 1 aliphatic heterocycles. The molecule has 0 saturated carbocycles. The Balaban J connectivity index is 2.17. The monoisotopic (exact) mass is 355 g/mol. The zero-order valence-corrected chi connectivity index (χ0v) is 13.4. The second-order valence-corrected chi connectivity index (χ2v) is 6.11. The normalized spacial score (nSPS) is 17.2. The Morgan fingerprint density at radius 1 is 1.48 bits per heavy atom. The van der Waals surface area contributed by atoms with E-state index < -0.39 is 4.92 Å². The second kappa shape index (κ2) is 6.53. The van der Waals surface area contributed by atoms with E-state index in [4.69, 9.17) is 0 Å². The van der Waals surface area contributed by atoms with Gasteiger partial charge in [0.05, 0.1) is 16.0 Å². The first-order valence-electron chi connectivity index (χ1n) is 6.94. The summed E-state index contributed by atoms with van der Waals surface area (Å²) in [6, 6.07) is 4.35. The van der Waals surface area contributed by atoms with Gasteiger partial charge in [-0.2, -0.15) is 0 Å². The molecule has 7 heteroatoms. The predicted molar refractivity (Wildman–Crippen MR) is 84.3 cm³/mol. The van der Waals surface area contributed by atoms with Crippen LogP contribution in [0.5, 0.6) is 0 Å². The number of rotatable bonds is 4. The molecule has 0 bridgehead atoms. The van der Waals surface area contributed by atoms with Gasteiger partial charge < -0.3 is 10.6 Å². The Kier molecular flexibility index (Phi) is 4.95. The van der Waals surface area contributed by atoms with Crippen molar-refractivity contribution in [2.75, 3.05) is 18.4 Å². The summed E-state index contributed by atoms with van der Waals surface area (Å²) in [5, 5.41) is 16.9. The lowest BCUT2D eigenvalue weighted by atomic mass is 9.76. The number of benzene rings is 1. The number of amides is 1. The Bertz CT molecular complexity index is 556. The summed E-state index contributed by atoms with van der Waals surface area (Å²) in [6.07, 6.45) is 2.39. The molecule has 1 aromatic carbocycles. The summed E-state index contributed by atoms with van der Waals surface area (Å²) in [6.45, 7) is 3.70. The minimum Gasteiger partial charge on any atom is -0.325 e. The highest BCUT2D eigenvalue weighted by atomic mass is 79.9. The van der Waals surface area contributed by atoms with Crippen molar-refractivity contribution in [1.29, 1.82) is 0 Å². The van der Waals surface area contributed by atoms with Crippen LogP contribution in [-0.2, 0) is 4.79 Å². The van der Waals surface area contributed by atoms with Gasteiger partial charge in [-0.3, -0.25) is 14.9 Å². The number of nitro groups is 1. The Morgan fingerprint density at radius 2 is 2.14 bits per heavy atom. The average Bonchev–Trinajstić information content (AvgIpc) is 2.49. The zero-order chi connectivity index (χ0) is 15.5. The van der Waals surface area contributed by atoms with Gasteiger partial charge in [0.15, 0.2) is 0 Å². The summed E-state index contributed by atoms with van der Waals surface area (Å²) >= 11 is 3.28. The third kappa shape index (κ3) is 3.41. The van der Waals surface area contributed by atoms with Crippen molar-refractivity contribution in [3.05, 3.63) is 32.8 Å². The fraction of sp³-hybridized carbons (Fsp3) is 0.500. The molecule has 0 aromatic heterocycles. The van der Waals surface area contributed by atoms with Gasteiger partial charge in [-0.1, -0.05) is 6.92 Å². The third-order valence-corrected chi connectivity index (χ3v) is 4.79. The van der Waals surface area contributed by atoms with Crippen LogP contribution in [0.15, 0.2) is 22.7 Å². The summed E-state index contributed by atoms with van der Waals surface area (Å²) in [4.78, 5) is 22.9. The van der Waals surface area contributed by atoms with Crippen LogP contribution in [0.2, 0.25) is 0 Å². The highest BCUT2D eigenvalue weighted by Gasteiger charge is 2.37. The number of piperidine rings is 1. The third-order valence-electron chi connectivity index (χ3n) is 4.13. The molecule has 0 aliphatic carbocycles. The number of nitrogens with zero attached hydrogens (tertiary/aromatic N) is 1. The summed E-state index contributed by atoms with van der Waals surface area (Å²) in [5.74, 6) is -0.0129. The number of halogens is 1. The van der Waals surface area contributed by atoms with Crippen molar-refractivity contribution in [1.82, 2.24) is 5.32 Å². The number of nitrogens with one attached hydrogen (secondary N) is 2. The lowest BCUT2D eigenvalue weighted by molar-refractivity contribution is -0.384. The number of hydrogen-bond acceptors (Lipinski definition) is 4. The van der Waals surface area contributed by atoms with Crippen molar-refractivity contribution in [3.8, 4) is 0 Å². The van der Waals surface area contributed by atoms with Gasteiger partial charge in [0.25, 0.3) is 5.69 Å². The van der Waals surface area contributed by atoms with Crippen LogP contribution < -0.4 is 10.6 Å². The minimum absolute atomic E-state index is 0.00746. The maximum atomic E-state index is 12.6. The molecular weight excluding hydrogens is 338 g/mol. The Morgan fingerprint density at radius 3 is 2.67 bits per heavy atom. The zero-order valence-electron chi connectivity index (χ0n) is 11.8. The standard InChI is InChI=1S/C14H18BrN3O3/c1-2-14(5-7-16-8-6-14)13(19)17-12-4-3-10(18(20)21)9-11(12)15/h3-4,9,16H,2,5-8H2,1H3,(H,17,19). The first-order valence-corrected chi connectivity index (χ1v) is 7.74. The number of carbonyl (C=O) groups is 1. The van der Waals surface area contributed by atoms with E-state index in [0.29, 0.717) is 10.2 Å². The van der Waals surface area contributed by atoms with E-state index in [9.17, 15) is 14.9 Å². The van der Waals surface area contributed by atoms with Crippen LogP contribution >= 0.6 is 15.9 Å². The van der Waals surface area contributed by atoms with E-state index in [0.717, 1.165) is 32.4 Å². The van der Waals surface area contributed by atoms with Gasteiger partial charge in [0.1, 0.15) is 0 Å². The van der Waals surface area contributed by atoms with Crippen LogP contribution in [-0.4, -0.2) is 23.9 Å². The van der Waals surface area contributed by atoms with E-state index in [1.165, 1.54) is 12.1 Å².